The van der Waals surface area contributed by atoms with E-state index in [1.807, 2.05) is 65.1 Å². The van der Waals surface area contributed by atoms with Crippen molar-refractivity contribution in [2.75, 3.05) is 18.0 Å². The average molecular weight is 538 g/mol. The molecule has 1 aliphatic heterocycles. The first-order valence-corrected chi connectivity index (χ1v) is 14.0. The molecule has 0 bridgehead atoms. The molecular formula is C30H39N3O4S. The Balaban J connectivity index is 1.81. The summed E-state index contributed by atoms with van der Waals surface area (Å²) in [6.45, 7) is 16.3. The Morgan fingerprint density at radius 3 is 2.34 bits per heavy atom. The Kier molecular flexibility index (Phi) is 8.14. The van der Waals surface area contributed by atoms with Crippen molar-refractivity contribution in [2.45, 2.75) is 79.6 Å². The van der Waals surface area contributed by atoms with Gasteiger partial charge in [0.15, 0.2) is 6.10 Å². The minimum Gasteiger partial charge on any atom is -0.488 e. The first-order valence-electron chi connectivity index (χ1n) is 13.1. The molecule has 0 spiro atoms. The van der Waals surface area contributed by atoms with E-state index in [0.717, 1.165) is 59.1 Å². The minimum atomic E-state index is -1.13. The van der Waals surface area contributed by atoms with Gasteiger partial charge in [-0.05, 0) is 70.6 Å². The van der Waals surface area contributed by atoms with E-state index in [-0.39, 0.29) is 5.41 Å². The number of pyridine rings is 1. The molecule has 38 heavy (non-hydrogen) atoms. The fourth-order valence-electron chi connectivity index (χ4n) is 4.94. The summed E-state index contributed by atoms with van der Waals surface area (Å²) in [5.41, 5.74) is 6.43. The highest BCUT2D eigenvalue weighted by Gasteiger charge is 2.36. The number of hydrogen-bond donors (Lipinski definition) is 1. The molecule has 0 saturated carbocycles. The second kappa shape index (κ2) is 11.0. The maximum absolute atomic E-state index is 12.6. The number of carboxylic acids is 1. The van der Waals surface area contributed by atoms with Gasteiger partial charge in [0.25, 0.3) is 0 Å². The van der Waals surface area contributed by atoms with Gasteiger partial charge in [0, 0.05) is 41.8 Å². The van der Waals surface area contributed by atoms with Crippen molar-refractivity contribution in [2.24, 2.45) is 5.41 Å². The normalized spacial score (nSPS) is 16.3. The van der Waals surface area contributed by atoms with E-state index in [1.165, 1.54) is 0 Å². The number of aryl methyl sites for hydroxylation is 2. The molecule has 3 heterocycles. The van der Waals surface area contributed by atoms with Gasteiger partial charge in [-0.25, -0.2) is 4.79 Å². The molecule has 1 N–H and O–H groups in total. The third kappa shape index (κ3) is 6.53. The van der Waals surface area contributed by atoms with E-state index >= 15 is 0 Å². The Hall–Kier alpha value is -2.97. The maximum atomic E-state index is 12.6. The van der Waals surface area contributed by atoms with Crippen molar-refractivity contribution in [3.05, 3.63) is 57.8 Å². The fraction of sp³-hybridized carbons (Fsp3) is 0.500. The maximum Gasteiger partial charge on any atom is 0.337 e. The van der Waals surface area contributed by atoms with Crippen LogP contribution >= 0.6 is 11.3 Å². The Morgan fingerprint density at radius 1 is 1.13 bits per heavy atom. The van der Waals surface area contributed by atoms with Gasteiger partial charge in [0.05, 0.1) is 21.7 Å². The highest BCUT2D eigenvalue weighted by atomic mass is 32.1. The van der Waals surface area contributed by atoms with Crippen LogP contribution in [0.15, 0.2) is 36.0 Å². The van der Waals surface area contributed by atoms with Crippen molar-refractivity contribution in [3.63, 3.8) is 0 Å². The van der Waals surface area contributed by atoms with Crippen LogP contribution in [0.4, 0.5) is 5.69 Å². The molecule has 1 aliphatic rings. The first kappa shape index (κ1) is 28.0. The van der Waals surface area contributed by atoms with Crippen LogP contribution in [0, 0.1) is 19.3 Å². The number of hydrogen-bond acceptors (Lipinski definition) is 7. The van der Waals surface area contributed by atoms with Gasteiger partial charge in [-0.3, -0.25) is 9.97 Å². The number of anilines is 1. The van der Waals surface area contributed by atoms with Crippen molar-refractivity contribution in [3.8, 4) is 16.9 Å². The van der Waals surface area contributed by atoms with Crippen LogP contribution in [0.5, 0.6) is 5.75 Å². The molecule has 1 atom stereocenters. The highest BCUT2D eigenvalue weighted by Crippen LogP contribution is 2.45. The number of aromatic nitrogens is 2. The van der Waals surface area contributed by atoms with Crippen molar-refractivity contribution in [1.29, 1.82) is 0 Å². The molecule has 0 unspecified atom stereocenters. The summed E-state index contributed by atoms with van der Waals surface area (Å²) in [5.74, 6) is -0.245. The van der Waals surface area contributed by atoms with E-state index < -0.39 is 17.7 Å². The number of rotatable bonds is 8. The second-order valence-corrected chi connectivity index (χ2v) is 12.8. The Morgan fingerprint density at radius 2 is 1.79 bits per heavy atom. The topological polar surface area (TPSA) is 84.8 Å². The van der Waals surface area contributed by atoms with E-state index in [0.29, 0.717) is 17.9 Å². The summed E-state index contributed by atoms with van der Waals surface area (Å²) in [4.78, 5) is 25.0. The summed E-state index contributed by atoms with van der Waals surface area (Å²) >= 11 is 1.56. The second-order valence-electron chi connectivity index (χ2n) is 11.8. The van der Waals surface area contributed by atoms with Crippen LogP contribution in [0.25, 0.3) is 11.1 Å². The van der Waals surface area contributed by atoms with Gasteiger partial charge in [-0.1, -0.05) is 26.0 Å². The highest BCUT2D eigenvalue weighted by molar-refractivity contribution is 7.09. The molecule has 3 aromatic rings. The number of carbonyl (C=O) groups is 1. The van der Waals surface area contributed by atoms with Crippen LogP contribution in [-0.4, -0.2) is 39.7 Å². The van der Waals surface area contributed by atoms with Crippen LogP contribution < -0.4 is 9.64 Å². The van der Waals surface area contributed by atoms with E-state index in [2.05, 4.69) is 23.7 Å². The Bertz CT molecular complexity index is 1250. The smallest absolute Gasteiger partial charge is 0.337 e. The van der Waals surface area contributed by atoms with E-state index in [9.17, 15) is 9.90 Å². The predicted octanol–water partition coefficient (Wildman–Crippen LogP) is 6.97. The van der Waals surface area contributed by atoms with Crippen LogP contribution in [0.3, 0.4) is 0 Å². The molecule has 1 fully saturated rings. The summed E-state index contributed by atoms with van der Waals surface area (Å²) < 4.78 is 12.1. The summed E-state index contributed by atoms with van der Waals surface area (Å²) in [5, 5.41) is 10.3. The summed E-state index contributed by atoms with van der Waals surface area (Å²) in [6.07, 6.45) is 2.73. The zero-order valence-electron chi connectivity index (χ0n) is 23.5. The third-order valence-corrected chi connectivity index (χ3v) is 7.73. The molecule has 2 aromatic heterocycles. The lowest BCUT2D eigenvalue weighted by Gasteiger charge is -2.41. The number of nitrogens with zero attached hydrogens (tertiary/aromatic N) is 3. The van der Waals surface area contributed by atoms with Gasteiger partial charge < -0.3 is 19.5 Å². The van der Waals surface area contributed by atoms with Crippen molar-refractivity contribution < 1.29 is 19.4 Å². The van der Waals surface area contributed by atoms with Crippen molar-refractivity contribution in [1.82, 2.24) is 9.97 Å². The number of piperidine rings is 1. The monoisotopic (exact) mass is 537 g/mol. The summed E-state index contributed by atoms with van der Waals surface area (Å²) in [6, 6.07) is 7.98. The number of thiazole rings is 1. The molecule has 0 radical (unpaired) electrons. The predicted molar refractivity (Wildman–Crippen MR) is 152 cm³/mol. The average Bonchev–Trinajstić information content (AvgIpc) is 3.35. The number of benzene rings is 1. The van der Waals surface area contributed by atoms with Gasteiger partial charge >= 0.3 is 5.97 Å². The van der Waals surface area contributed by atoms with Crippen molar-refractivity contribution >= 4 is 23.0 Å². The molecule has 8 heteroatoms. The van der Waals surface area contributed by atoms with Crippen LogP contribution in [-0.2, 0) is 16.1 Å². The Labute approximate surface area is 229 Å². The largest absolute Gasteiger partial charge is 0.488 e. The zero-order chi connectivity index (χ0) is 27.7. The molecular weight excluding hydrogens is 498 g/mol. The van der Waals surface area contributed by atoms with Gasteiger partial charge in [-0.15, -0.1) is 11.3 Å². The lowest BCUT2D eigenvalue weighted by Crippen LogP contribution is -2.39. The van der Waals surface area contributed by atoms with Gasteiger partial charge in [-0.2, -0.15) is 0 Å². The lowest BCUT2D eigenvalue weighted by molar-refractivity contribution is -0.160. The molecule has 204 valence electrons. The summed E-state index contributed by atoms with van der Waals surface area (Å²) in [7, 11) is 0. The molecule has 4 rings (SSSR count). The number of carboxylic acid groups (broad SMARTS) is 1. The molecule has 0 amide bonds. The molecule has 0 aliphatic carbocycles. The van der Waals surface area contributed by atoms with Gasteiger partial charge in [0.1, 0.15) is 12.4 Å². The standard InChI is InChI=1S/C30H39N3O4S/c1-19-24(21-8-10-22(11-9-21)36-17-23-16-31-18-38-23)26(33-14-12-30(6,7)13-15-33)25(20(2)32-19)27(28(34)35)37-29(3,4)5/h8-11,16,18,27H,12-15,17H2,1-7H3,(H,34,35)/t27-/m0/s1. The minimum absolute atomic E-state index is 0.249. The van der Waals surface area contributed by atoms with Gasteiger partial charge in [0.2, 0.25) is 0 Å². The molecule has 1 aromatic carbocycles. The molecule has 7 nitrogen and oxygen atoms in total. The van der Waals surface area contributed by atoms with E-state index in [1.54, 1.807) is 16.8 Å². The quantitative estimate of drug-likeness (QED) is 0.332. The first-order chi connectivity index (χ1) is 17.8. The third-order valence-electron chi connectivity index (χ3n) is 6.98. The lowest BCUT2D eigenvalue weighted by atomic mass is 9.82. The fourth-order valence-corrected chi connectivity index (χ4v) is 5.45. The number of aliphatic carboxylic acids is 1. The van der Waals surface area contributed by atoms with E-state index in [4.69, 9.17) is 14.5 Å². The molecule has 1 saturated heterocycles. The van der Waals surface area contributed by atoms with Crippen LogP contribution in [0.1, 0.15) is 75.4 Å². The van der Waals surface area contributed by atoms with Crippen LogP contribution in [0.2, 0.25) is 0 Å². The zero-order valence-corrected chi connectivity index (χ0v) is 24.3. The number of ether oxygens (including phenoxy) is 2. The SMILES string of the molecule is Cc1nc(C)c([C@H](OC(C)(C)C)C(=O)O)c(N2CCC(C)(C)CC2)c1-c1ccc(OCc2cncs2)cc1.